The molecule has 312 valence electrons. The first-order valence-corrected chi connectivity index (χ1v) is 26.2. The van der Waals surface area contributed by atoms with Crippen LogP contribution in [0.15, 0.2) is 115 Å². The minimum atomic E-state index is -3.54. The van der Waals surface area contributed by atoms with E-state index in [0.29, 0.717) is 29.7 Å². The molecular formula is C46H56FN4O5PSSi. The number of aldehydes is 1. The van der Waals surface area contributed by atoms with Crippen molar-refractivity contribution >= 4 is 65.0 Å². The van der Waals surface area contributed by atoms with E-state index in [4.69, 9.17) is 4.43 Å². The minimum absolute atomic E-state index is 0.00232. The lowest BCUT2D eigenvalue weighted by Gasteiger charge is -2.38. The number of halogens is 1. The van der Waals surface area contributed by atoms with Crippen molar-refractivity contribution in [1.29, 1.82) is 5.26 Å². The van der Waals surface area contributed by atoms with Crippen LogP contribution in [0.5, 0.6) is 0 Å². The number of Topliss-reactive ketones (excluding diaryl/α,β-unsaturated/α-hetero) is 1. The van der Waals surface area contributed by atoms with Gasteiger partial charge in [0.15, 0.2) is 20.4 Å². The highest BCUT2D eigenvalue weighted by molar-refractivity contribution is 7.95. The second-order valence-corrected chi connectivity index (χ2v) is 26.4. The Bertz CT molecular complexity index is 2260. The Morgan fingerprint density at radius 1 is 0.983 bits per heavy atom. The summed E-state index contributed by atoms with van der Waals surface area (Å²) >= 11 is 0. The molecule has 0 saturated heterocycles. The zero-order valence-corrected chi connectivity index (χ0v) is 38.2. The summed E-state index contributed by atoms with van der Waals surface area (Å²) in [6.07, 6.45) is 6.44. The maximum Gasteiger partial charge on any atom is 0.239 e. The van der Waals surface area contributed by atoms with Crippen molar-refractivity contribution in [3.63, 3.8) is 0 Å². The average molecular weight is 855 g/mol. The molecule has 3 aromatic carbocycles. The fourth-order valence-corrected chi connectivity index (χ4v) is 12.0. The van der Waals surface area contributed by atoms with Crippen molar-refractivity contribution in [3.8, 4) is 6.07 Å². The third-order valence-corrected chi connectivity index (χ3v) is 20.4. The Labute approximate surface area is 351 Å². The number of carbonyl (C=O) groups is 2. The number of nitriles is 1. The molecule has 0 amide bonds. The molecule has 0 fully saturated rings. The number of rotatable bonds is 14. The van der Waals surface area contributed by atoms with Gasteiger partial charge in [0.1, 0.15) is 5.83 Å². The maximum absolute atomic E-state index is 13.8. The quantitative estimate of drug-likeness (QED) is 0.0700. The molecule has 0 spiro atoms. The van der Waals surface area contributed by atoms with E-state index in [1.54, 1.807) is 6.08 Å². The average Bonchev–Trinajstić information content (AvgIpc) is 3.20. The zero-order valence-electron chi connectivity index (χ0n) is 35.5. The van der Waals surface area contributed by atoms with Gasteiger partial charge in [-0.1, -0.05) is 132 Å². The first-order chi connectivity index (χ1) is 27.7. The second-order valence-electron chi connectivity index (χ2n) is 16.4. The summed E-state index contributed by atoms with van der Waals surface area (Å²) in [5.74, 6) is 1.23. The minimum Gasteiger partial charge on any atom is -0.412 e. The highest BCUT2D eigenvalue weighted by atomic mass is 32.2. The van der Waals surface area contributed by atoms with Crippen LogP contribution < -0.4 is 20.2 Å². The van der Waals surface area contributed by atoms with Crippen LogP contribution in [0.2, 0.25) is 18.1 Å². The molecule has 13 heteroatoms. The molecule has 1 aliphatic carbocycles. The largest absolute Gasteiger partial charge is 0.412 e. The van der Waals surface area contributed by atoms with Gasteiger partial charge in [-0.25, -0.2) is 27.1 Å². The van der Waals surface area contributed by atoms with Crippen molar-refractivity contribution < 1.29 is 26.8 Å². The van der Waals surface area contributed by atoms with Crippen LogP contribution in [0.4, 0.5) is 10.3 Å². The number of hydrogen-bond donors (Lipinski definition) is 0. The van der Waals surface area contributed by atoms with Crippen LogP contribution in [-0.2, 0) is 19.2 Å². The molecule has 0 radical (unpaired) electrons. The van der Waals surface area contributed by atoms with Gasteiger partial charge in [0.2, 0.25) is 16.0 Å². The van der Waals surface area contributed by atoms with E-state index in [1.165, 1.54) is 19.2 Å². The standard InChI is InChI=1S/C30H36NO2PSi.C16H20FN3O3S/c1-30(2,3)35(4,5)33-26(21-22-31)23-25(32)24-34(27-15-9-6-10-16-27,28-17-11-7-12-18-28)29-19-13-8-14-20-29;1-10(2)14-13(9-21)15(11-5-7-12(17)8-6-11)19-16(18-14)20(3)24(4,22)23/h6-20,24,26H,21,23H2,1-5H3;5,7-11H,6H2,1-4H3. The molecule has 0 N–H and O–H groups in total. The summed E-state index contributed by atoms with van der Waals surface area (Å²) in [7, 11) is -4.32. The number of anilines is 1. The van der Waals surface area contributed by atoms with E-state index >= 15 is 0 Å². The second kappa shape index (κ2) is 20.0. The number of allylic oxidation sites excluding steroid dienone is 4. The maximum atomic E-state index is 13.8. The molecular weight excluding hydrogens is 799 g/mol. The van der Waals surface area contributed by atoms with Gasteiger partial charge in [0.25, 0.3) is 0 Å². The lowest BCUT2D eigenvalue weighted by atomic mass is 9.91. The van der Waals surface area contributed by atoms with E-state index in [2.05, 4.69) is 86.3 Å². The van der Waals surface area contributed by atoms with Crippen LogP contribution in [0.1, 0.15) is 87.5 Å². The lowest BCUT2D eigenvalue weighted by molar-refractivity contribution is -0.113. The van der Waals surface area contributed by atoms with Crippen LogP contribution in [0.3, 0.4) is 0 Å². The van der Waals surface area contributed by atoms with Gasteiger partial charge >= 0.3 is 0 Å². The normalized spacial score (nSPS) is 14.9. The van der Waals surface area contributed by atoms with E-state index in [0.717, 1.165) is 26.5 Å². The molecule has 1 heterocycles. The topological polar surface area (TPSA) is 130 Å². The molecule has 0 saturated carbocycles. The summed E-state index contributed by atoms with van der Waals surface area (Å²) in [5.41, 5.74) is 1.22. The predicted molar refractivity (Wildman–Crippen MR) is 244 cm³/mol. The third kappa shape index (κ3) is 11.7. The molecule has 2 unspecified atom stereocenters. The van der Waals surface area contributed by atoms with E-state index in [9.17, 15) is 27.7 Å². The van der Waals surface area contributed by atoms with Gasteiger partial charge < -0.3 is 4.43 Å². The van der Waals surface area contributed by atoms with Crippen molar-refractivity contribution in [1.82, 2.24) is 9.97 Å². The summed E-state index contributed by atoms with van der Waals surface area (Å²) in [5, 5.41) is 12.9. The van der Waals surface area contributed by atoms with Crippen LogP contribution in [0.25, 0.3) is 0 Å². The fourth-order valence-electron chi connectivity index (χ4n) is 6.43. The van der Waals surface area contributed by atoms with Gasteiger partial charge in [-0.15, -0.1) is 0 Å². The van der Waals surface area contributed by atoms with Crippen molar-refractivity contribution in [3.05, 3.63) is 132 Å². The lowest BCUT2D eigenvalue weighted by Crippen LogP contribution is -2.44. The Kier molecular flexibility index (Phi) is 15.9. The Morgan fingerprint density at radius 3 is 1.88 bits per heavy atom. The van der Waals surface area contributed by atoms with E-state index < -0.39 is 31.3 Å². The van der Waals surface area contributed by atoms with Crippen molar-refractivity contribution in [2.45, 2.75) is 90.0 Å². The Balaban J connectivity index is 0.000000280. The highest BCUT2D eigenvalue weighted by Gasteiger charge is 2.39. The first-order valence-electron chi connectivity index (χ1n) is 19.6. The molecule has 59 heavy (non-hydrogen) atoms. The SMILES string of the molecule is CC(C)(C)[Si](C)(C)OC(CC#N)CC(=O)C=P(c1ccccc1)(c1ccccc1)c1ccccc1.CC(C)c1nc(N(C)S(C)(=O)=O)nc(C2C=CC(F)=CC2)c1C=O. The molecule has 9 nitrogen and oxygen atoms in total. The Morgan fingerprint density at radius 2 is 1.49 bits per heavy atom. The number of nitrogens with zero attached hydrogens (tertiary/aromatic N) is 4. The van der Waals surface area contributed by atoms with Crippen LogP contribution in [0, 0.1) is 11.3 Å². The molecule has 2 atom stereocenters. The third-order valence-electron chi connectivity index (χ3n) is 10.7. The fraction of sp³-hybridized carbons (Fsp3) is 0.348. The highest BCUT2D eigenvalue weighted by Crippen LogP contribution is 2.44. The van der Waals surface area contributed by atoms with Crippen molar-refractivity contribution in [2.24, 2.45) is 0 Å². The number of carbonyl (C=O) groups excluding carboxylic acids is 2. The molecule has 5 rings (SSSR count). The van der Waals surface area contributed by atoms with Gasteiger partial charge in [0, 0.05) is 19.4 Å². The molecule has 1 aromatic heterocycles. The number of hydrogen-bond acceptors (Lipinski definition) is 8. The Hall–Kier alpha value is -4.79. The first kappa shape index (κ1) is 46.9. The van der Waals surface area contributed by atoms with Gasteiger partial charge in [-0.05, 0) is 71.2 Å². The summed E-state index contributed by atoms with van der Waals surface area (Å²) < 4.78 is 44.3. The molecule has 1 aliphatic rings. The number of benzene rings is 3. The number of aromatic nitrogens is 2. The summed E-state index contributed by atoms with van der Waals surface area (Å²) in [4.78, 5) is 34.0. The summed E-state index contributed by atoms with van der Waals surface area (Å²) in [6.45, 7) is 12.2. The number of sulfonamides is 1. The van der Waals surface area contributed by atoms with Crippen molar-refractivity contribution in [2.75, 3.05) is 17.6 Å². The molecule has 4 aromatic rings. The predicted octanol–water partition coefficient (Wildman–Crippen LogP) is 8.75. The molecule has 0 aliphatic heterocycles. The smallest absolute Gasteiger partial charge is 0.239 e. The summed E-state index contributed by atoms with van der Waals surface area (Å²) in [6, 6.07) is 33.2. The zero-order chi connectivity index (χ0) is 43.6. The van der Waals surface area contributed by atoms with Gasteiger partial charge in [-0.3, -0.25) is 9.59 Å². The van der Waals surface area contributed by atoms with Gasteiger partial charge in [0.05, 0.1) is 41.8 Å². The van der Waals surface area contributed by atoms with E-state index in [-0.39, 0.29) is 47.3 Å². The van der Waals surface area contributed by atoms with Crippen LogP contribution in [-0.4, -0.2) is 64.0 Å². The van der Waals surface area contributed by atoms with Gasteiger partial charge in [-0.2, -0.15) is 5.26 Å². The van der Waals surface area contributed by atoms with Crippen LogP contribution >= 0.6 is 6.89 Å². The molecule has 0 bridgehead atoms. The monoisotopic (exact) mass is 854 g/mol. The number of ketones is 1. The van der Waals surface area contributed by atoms with E-state index in [1.807, 2.05) is 74.2 Å².